The maximum Gasteiger partial charge on any atom is 0.164 e. The van der Waals surface area contributed by atoms with Crippen molar-refractivity contribution in [3.8, 4) is 11.5 Å². The maximum absolute atomic E-state index is 15.1. The highest BCUT2D eigenvalue weighted by atomic mass is 35.5. The molecule has 0 bridgehead atoms. The van der Waals surface area contributed by atoms with Gasteiger partial charge >= 0.3 is 0 Å². The second kappa shape index (κ2) is 8.38. The minimum Gasteiger partial charge on any atom is -0.493 e. The first-order valence-electron chi connectivity index (χ1n) is 10.2. The maximum atomic E-state index is 15.1. The number of H-pyrrole nitrogens is 2. The number of rotatable bonds is 6. The molecule has 0 spiro atoms. The van der Waals surface area contributed by atoms with Gasteiger partial charge in [0.2, 0.25) is 0 Å². The quantitative estimate of drug-likeness (QED) is 0.319. The number of aryl methyl sites for hydroxylation is 1. The van der Waals surface area contributed by atoms with Crippen molar-refractivity contribution in [2.45, 2.75) is 19.6 Å². The number of fused-ring (bicyclic) bond motifs is 2. The van der Waals surface area contributed by atoms with E-state index in [0.29, 0.717) is 27.8 Å². The molecule has 0 aliphatic rings. The SMILES string of the molecule is COc1cc(C(O)c2c[nH]c3ncc(C)cc23)c(F)cc1OCc1nc2ccc(Cl)cc2[nH]1. The summed E-state index contributed by atoms with van der Waals surface area (Å²) in [6.07, 6.45) is 2.14. The normalized spacial score (nSPS) is 12.4. The van der Waals surface area contributed by atoms with E-state index in [0.717, 1.165) is 22.0 Å². The summed E-state index contributed by atoms with van der Waals surface area (Å²) in [5.74, 6) is 0.421. The Kier molecular flexibility index (Phi) is 5.39. The molecule has 0 fully saturated rings. The third kappa shape index (κ3) is 3.99. The van der Waals surface area contributed by atoms with Crippen molar-refractivity contribution in [2.24, 2.45) is 0 Å². The standard InChI is InChI=1S/C24H20ClFN4O3/c1-12-5-14-16(10-28-24(14)27-9-12)23(31)15-7-20(32-2)21(8-17(15)26)33-11-22-29-18-4-3-13(25)6-19(18)30-22/h3-10,23,31H,11H2,1-2H3,(H,27,28)(H,29,30). The van der Waals surface area contributed by atoms with Crippen molar-refractivity contribution < 1.29 is 19.0 Å². The molecule has 1 atom stereocenters. The van der Waals surface area contributed by atoms with Crippen molar-refractivity contribution in [2.75, 3.05) is 7.11 Å². The van der Waals surface area contributed by atoms with Crippen LogP contribution in [0.1, 0.15) is 28.6 Å². The molecule has 5 rings (SSSR count). The molecule has 33 heavy (non-hydrogen) atoms. The average molecular weight is 467 g/mol. The van der Waals surface area contributed by atoms with Gasteiger partial charge in [-0.05, 0) is 42.8 Å². The zero-order valence-electron chi connectivity index (χ0n) is 17.8. The molecule has 5 aromatic rings. The molecule has 0 saturated carbocycles. The lowest BCUT2D eigenvalue weighted by Crippen LogP contribution is -2.05. The number of imidazole rings is 1. The number of hydrogen-bond acceptors (Lipinski definition) is 5. The van der Waals surface area contributed by atoms with Gasteiger partial charge in [0, 0.05) is 40.0 Å². The van der Waals surface area contributed by atoms with Gasteiger partial charge in [0.05, 0.1) is 18.1 Å². The van der Waals surface area contributed by atoms with E-state index in [1.165, 1.54) is 19.2 Å². The Labute approximate surface area is 193 Å². The van der Waals surface area contributed by atoms with E-state index in [4.69, 9.17) is 21.1 Å². The molecule has 168 valence electrons. The summed E-state index contributed by atoms with van der Waals surface area (Å²) in [6, 6.07) is 9.86. The largest absolute Gasteiger partial charge is 0.493 e. The Morgan fingerprint density at radius 2 is 2.00 bits per heavy atom. The summed E-state index contributed by atoms with van der Waals surface area (Å²) in [5, 5.41) is 12.3. The highest BCUT2D eigenvalue weighted by Gasteiger charge is 2.22. The Morgan fingerprint density at radius 3 is 2.82 bits per heavy atom. The summed E-state index contributed by atoms with van der Waals surface area (Å²) < 4.78 is 26.3. The second-order valence-corrected chi connectivity index (χ2v) is 8.15. The highest BCUT2D eigenvalue weighted by molar-refractivity contribution is 6.31. The fraction of sp³-hybridized carbons (Fsp3) is 0.167. The van der Waals surface area contributed by atoms with Crippen molar-refractivity contribution in [3.05, 3.63) is 82.1 Å². The van der Waals surface area contributed by atoms with Crippen LogP contribution >= 0.6 is 11.6 Å². The number of hydrogen-bond donors (Lipinski definition) is 3. The zero-order valence-corrected chi connectivity index (χ0v) is 18.6. The second-order valence-electron chi connectivity index (χ2n) is 7.71. The van der Waals surface area contributed by atoms with Gasteiger partial charge in [0.15, 0.2) is 11.5 Å². The first-order chi connectivity index (χ1) is 15.9. The molecule has 0 amide bonds. The smallest absolute Gasteiger partial charge is 0.164 e. The minimum absolute atomic E-state index is 0.0669. The number of halogens is 2. The molecular weight excluding hydrogens is 447 g/mol. The van der Waals surface area contributed by atoms with Crippen molar-refractivity contribution in [3.63, 3.8) is 0 Å². The highest BCUT2D eigenvalue weighted by Crippen LogP contribution is 2.37. The van der Waals surface area contributed by atoms with Gasteiger partial charge in [-0.25, -0.2) is 14.4 Å². The van der Waals surface area contributed by atoms with Crippen LogP contribution < -0.4 is 9.47 Å². The number of benzene rings is 2. The monoisotopic (exact) mass is 466 g/mol. The van der Waals surface area contributed by atoms with Crippen LogP contribution in [0.4, 0.5) is 4.39 Å². The number of aliphatic hydroxyl groups is 1. The van der Waals surface area contributed by atoms with Crippen LogP contribution in [0.2, 0.25) is 5.02 Å². The Bertz CT molecular complexity index is 1480. The predicted molar refractivity (Wildman–Crippen MR) is 123 cm³/mol. The molecule has 9 heteroatoms. The zero-order chi connectivity index (χ0) is 23.1. The van der Waals surface area contributed by atoms with Crippen LogP contribution in [0.3, 0.4) is 0 Å². The topological polar surface area (TPSA) is 96.1 Å². The lowest BCUT2D eigenvalue weighted by atomic mass is 10.00. The van der Waals surface area contributed by atoms with E-state index in [-0.39, 0.29) is 17.9 Å². The first-order valence-corrected chi connectivity index (χ1v) is 10.6. The minimum atomic E-state index is -1.22. The number of aliphatic hydroxyl groups excluding tert-OH is 1. The van der Waals surface area contributed by atoms with Gasteiger partial charge in [-0.15, -0.1) is 0 Å². The summed E-state index contributed by atoms with van der Waals surface area (Å²) >= 11 is 6.01. The molecule has 3 N–H and O–H groups in total. The predicted octanol–water partition coefficient (Wildman–Crippen LogP) is 5.21. The average Bonchev–Trinajstić information content (AvgIpc) is 3.40. The molecule has 2 aromatic carbocycles. The fourth-order valence-electron chi connectivity index (χ4n) is 3.80. The molecule has 7 nitrogen and oxygen atoms in total. The van der Waals surface area contributed by atoms with Gasteiger partial charge in [-0.2, -0.15) is 0 Å². The molecular formula is C24H20ClFN4O3. The Balaban J connectivity index is 1.43. The van der Waals surface area contributed by atoms with Crippen molar-refractivity contribution in [1.29, 1.82) is 0 Å². The van der Waals surface area contributed by atoms with Crippen LogP contribution in [-0.2, 0) is 6.61 Å². The van der Waals surface area contributed by atoms with Crippen molar-refractivity contribution >= 4 is 33.7 Å². The third-order valence-corrected chi connectivity index (χ3v) is 5.66. The van der Waals surface area contributed by atoms with E-state index >= 15 is 4.39 Å². The summed E-state index contributed by atoms with van der Waals surface area (Å²) in [7, 11) is 1.46. The van der Waals surface area contributed by atoms with Crippen LogP contribution in [0.15, 0.2) is 48.8 Å². The first kappa shape index (κ1) is 21.2. The van der Waals surface area contributed by atoms with E-state index in [2.05, 4.69) is 19.9 Å². The van der Waals surface area contributed by atoms with E-state index in [1.54, 1.807) is 30.6 Å². The van der Waals surface area contributed by atoms with Gasteiger partial charge in [0.1, 0.15) is 30.0 Å². The van der Waals surface area contributed by atoms with E-state index in [1.807, 2.05) is 13.0 Å². The number of nitrogens with zero attached hydrogens (tertiary/aromatic N) is 2. The fourth-order valence-corrected chi connectivity index (χ4v) is 3.98. The van der Waals surface area contributed by atoms with Crippen LogP contribution in [0.5, 0.6) is 11.5 Å². The molecule has 3 aromatic heterocycles. The number of ether oxygens (including phenoxy) is 2. The summed E-state index contributed by atoms with van der Waals surface area (Å²) in [4.78, 5) is 14.9. The van der Waals surface area contributed by atoms with Gasteiger partial charge in [0.25, 0.3) is 0 Å². The van der Waals surface area contributed by atoms with Gasteiger partial charge in [-0.1, -0.05) is 11.6 Å². The van der Waals surface area contributed by atoms with Gasteiger partial charge < -0.3 is 24.5 Å². The number of aromatic amines is 2. The molecule has 1 unspecified atom stereocenters. The lowest BCUT2D eigenvalue weighted by Gasteiger charge is -2.16. The summed E-state index contributed by atoms with van der Waals surface area (Å²) in [5.41, 5.74) is 3.68. The van der Waals surface area contributed by atoms with E-state index in [9.17, 15) is 5.11 Å². The molecule has 3 heterocycles. The number of methoxy groups -OCH3 is 1. The van der Waals surface area contributed by atoms with Crippen molar-refractivity contribution in [1.82, 2.24) is 19.9 Å². The molecule has 0 saturated heterocycles. The van der Waals surface area contributed by atoms with E-state index < -0.39 is 11.9 Å². The molecule has 0 radical (unpaired) electrons. The third-order valence-electron chi connectivity index (χ3n) is 5.43. The van der Waals surface area contributed by atoms with Crippen LogP contribution in [0.25, 0.3) is 22.1 Å². The number of nitrogens with one attached hydrogen (secondary N) is 2. The Morgan fingerprint density at radius 1 is 1.15 bits per heavy atom. The summed E-state index contributed by atoms with van der Waals surface area (Å²) in [6.45, 7) is 1.97. The molecule has 0 aliphatic heterocycles. The lowest BCUT2D eigenvalue weighted by molar-refractivity contribution is 0.214. The van der Waals surface area contributed by atoms with Crippen LogP contribution in [0, 0.1) is 12.7 Å². The molecule has 0 aliphatic carbocycles. The van der Waals surface area contributed by atoms with Crippen LogP contribution in [-0.4, -0.2) is 32.2 Å². The number of aromatic nitrogens is 4. The van der Waals surface area contributed by atoms with Gasteiger partial charge in [-0.3, -0.25) is 0 Å². The number of pyridine rings is 1. The Hall–Kier alpha value is -3.62.